The van der Waals surface area contributed by atoms with Gasteiger partial charge in [0, 0.05) is 56.3 Å². The molecule has 0 aliphatic carbocycles. The van der Waals surface area contributed by atoms with Crippen LogP contribution in [0.15, 0.2) is 28.7 Å². The van der Waals surface area contributed by atoms with Gasteiger partial charge in [-0.25, -0.2) is 0 Å². The van der Waals surface area contributed by atoms with Crippen LogP contribution in [0, 0.1) is 0 Å². The van der Waals surface area contributed by atoms with Crippen molar-refractivity contribution in [2.24, 2.45) is 0 Å². The fraction of sp³-hybridized carbons (Fsp3) is 0.600. The van der Waals surface area contributed by atoms with Crippen LogP contribution >= 0.6 is 15.9 Å². The molecule has 1 aromatic rings. The Morgan fingerprint density at radius 2 is 2.05 bits per heavy atom. The molecule has 0 amide bonds. The van der Waals surface area contributed by atoms with E-state index >= 15 is 0 Å². The number of rotatable bonds is 5. The summed E-state index contributed by atoms with van der Waals surface area (Å²) in [6.45, 7) is 8.87. The summed E-state index contributed by atoms with van der Waals surface area (Å²) in [6, 6.07) is 8.80. The van der Waals surface area contributed by atoms with Gasteiger partial charge in [0.25, 0.3) is 0 Å². The number of likely N-dealkylation sites (tertiary alicyclic amines) is 1. The summed E-state index contributed by atoms with van der Waals surface area (Å²) in [5.74, 6) is 0.943. The summed E-state index contributed by atoms with van der Waals surface area (Å²) in [5, 5.41) is 3.41. The third kappa shape index (κ3) is 3.73. The zero-order chi connectivity index (χ0) is 13.8. The third-order valence-electron chi connectivity index (χ3n) is 4.08. The monoisotopic (exact) mass is 339 g/mol. The van der Waals surface area contributed by atoms with Crippen LogP contribution in [0.25, 0.3) is 0 Å². The first-order chi connectivity index (χ1) is 9.81. The molecule has 4 nitrogen and oxygen atoms in total. The average molecular weight is 340 g/mol. The molecule has 0 spiro atoms. The van der Waals surface area contributed by atoms with Crippen molar-refractivity contribution in [2.75, 3.05) is 52.4 Å². The second-order valence-electron chi connectivity index (χ2n) is 5.51. The quantitative estimate of drug-likeness (QED) is 0.877. The van der Waals surface area contributed by atoms with Gasteiger partial charge in [-0.2, -0.15) is 0 Å². The van der Waals surface area contributed by atoms with Gasteiger partial charge in [0.15, 0.2) is 0 Å². The predicted molar refractivity (Wildman–Crippen MR) is 84.3 cm³/mol. The van der Waals surface area contributed by atoms with E-state index in [-0.39, 0.29) is 0 Å². The van der Waals surface area contributed by atoms with E-state index in [1.54, 1.807) is 0 Å². The molecule has 110 valence electrons. The summed E-state index contributed by atoms with van der Waals surface area (Å²) < 4.78 is 6.85. The third-order valence-corrected chi connectivity index (χ3v) is 4.57. The van der Waals surface area contributed by atoms with E-state index in [2.05, 4.69) is 31.0 Å². The molecule has 2 saturated heterocycles. The summed E-state index contributed by atoms with van der Waals surface area (Å²) in [6.07, 6.45) is 0. The summed E-state index contributed by atoms with van der Waals surface area (Å²) in [7, 11) is 0. The molecule has 0 saturated carbocycles. The molecule has 2 aliphatic rings. The summed E-state index contributed by atoms with van der Waals surface area (Å²) >= 11 is 3.46. The number of benzene rings is 1. The SMILES string of the molecule is Brc1cccc(OCCN2CC(N3CCNCC3)C2)c1. The highest BCUT2D eigenvalue weighted by molar-refractivity contribution is 9.10. The van der Waals surface area contributed by atoms with Crippen molar-refractivity contribution in [3.63, 3.8) is 0 Å². The molecule has 1 N–H and O–H groups in total. The number of hydrogen-bond acceptors (Lipinski definition) is 4. The average Bonchev–Trinajstić information content (AvgIpc) is 2.42. The first-order valence-electron chi connectivity index (χ1n) is 7.37. The lowest BCUT2D eigenvalue weighted by molar-refractivity contribution is 0.0202. The fourth-order valence-electron chi connectivity index (χ4n) is 2.85. The molecule has 0 atom stereocenters. The van der Waals surface area contributed by atoms with E-state index in [1.807, 2.05) is 24.3 Å². The normalized spacial score (nSPS) is 21.6. The fourth-order valence-corrected chi connectivity index (χ4v) is 3.23. The Bertz CT molecular complexity index is 431. The van der Waals surface area contributed by atoms with Crippen molar-refractivity contribution >= 4 is 15.9 Å². The van der Waals surface area contributed by atoms with Crippen molar-refractivity contribution in [3.05, 3.63) is 28.7 Å². The molecular formula is C15H22BrN3O. The highest BCUT2D eigenvalue weighted by Crippen LogP contribution is 2.18. The minimum Gasteiger partial charge on any atom is -0.492 e. The molecule has 1 aromatic carbocycles. The Morgan fingerprint density at radius 3 is 2.80 bits per heavy atom. The molecule has 2 aliphatic heterocycles. The van der Waals surface area contributed by atoms with Gasteiger partial charge < -0.3 is 10.1 Å². The zero-order valence-electron chi connectivity index (χ0n) is 11.7. The predicted octanol–water partition coefficient (Wildman–Crippen LogP) is 1.42. The van der Waals surface area contributed by atoms with Gasteiger partial charge >= 0.3 is 0 Å². The van der Waals surface area contributed by atoms with E-state index in [0.29, 0.717) is 0 Å². The van der Waals surface area contributed by atoms with Crippen LogP contribution in [-0.4, -0.2) is 68.3 Å². The molecule has 0 aromatic heterocycles. The number of nitrogens with one attached hydrogen (secondary N) is 1. The molecule has 2 fully saturated rings. The Kier molecular flexibility index (Phi) is 4.94. The Balaban J connectivity index is 1.33. The van der Waals surface area contributed by atoms with E-state index < -0.39 is 0 Å². The highest BCUT2D eigenvalue weighted by Gasteiger charge is 2.31. The van der Waals surface area contributed by atoms with Crippen molar-refractivity contribution < 1.29 is 4.74 Å². The van der Waals surface area contributed by atoms with Crippen molar-refractivity contribution in [1.29, 1.82) is 0 Å². The van der Waals surface area contributed by atoms with Crippen LogP contribution in [-0.2, 0) is 0 Å². The Hall–Kier alpha value is -0.620. The van der Waals surface area contributed by atoms with E-state index in [4.69, 9.17) is 4.74 Å². The topological polar surface area (TPSA) is 27.7 Å². The van der Waals surface area contributed by atoms with Crippen molar-refractivity contribution in [1.82, 2.24) is 15.1 Å². The Morgan fingerprint density at radius 1 is 1.25 bits per heavy atom. The maximum Gasteiger partial charge on any atom is 0.120 e. The number of ether oxygens (including phenoxy) is 1. The molecule has 0 bridgehead atoms. The van der Waals surface area contributed by atoms with Crippen molar-refractivity contribution in [2.45, 2.75) is 6.04 Å². The molecular weight excluding hydrogens is 318 g/mol. The minimum atomic E-state index is 0.767. The van der Waals surface area contributed by atoms with Crippen LogP contribution < -0.4 is 10.1 Å². The van der Waals surface area contributed by atoms with E-state index in [9.17, 15) is 0 Å². The number of hydrogen-bond donors (Lipinski definition) is 1. The highest BCUT2D eigenvalue weighted by atomic mass is 79.9. The first kappa shape index (κ1) is 14.3. The van der Waals surface area contributed by atoms with Gasteiger partial charge in [0.1, 0.15) is 12.4 Å². The van der Waals surface area contributed by atoms with Gasteiger partial charge in [0.05, 0.1) is 0 Å². The maximum absolute atomic E-state index is 5.78. The van der Waals surface area contributed by atoms with Crippen LogP contribution in [0.4, 0.5) is 0 Å². The molecule has 3 rings (SSSR count). The number of halogens is 1. The van der Waals surface area contributed by atoms with Gasteiger partial charge in [0.2, 0.25) is 0 Å². The Labute approximate surface area is 129 Å². The molecule has 0 radical (unpaired) electrons. The standard InChI is InChI=1S/C15H22BrN3O/c16-13-2-1-3-15(10-13)20-9-8-18-11-14(12-18)19-6-4-17-5-7-19/h1-3,10,14,17H,4-9,11-12H2. The van der Waals surface area contributed by atoms with E-state index in [0.717, 1.165) is 42.5 Å². The molecule has 5 heteroatoms. The van der Waals surface area contributed by atoms with Crippen LogP contribution in [0.1, 0.15) is 0 Å². The van der Waals surface area contributed by atoms with Crippen LogP contribution in [0.2, 0.25) is 0 Å². The smallest absolute Gasteiger partial charge is 0.120 e. The van der Waals surface area contributed by atoms with Crippen LogP contribution in [0.5, 0.6) is 5.75 Å². The number of nitrogens with zero attached hydrogens (tertiary/aromatic N) is 2. The lowest BCUT2D eigenvalue weighted by Crippen LogP contribution is -2.63. The molecule has 2 heterocycles. The summed E-state index contributed by atoms with van der Waals surface area (Å²) in [4.78, 5) is 5.09. The minimum absolute atomic E-state index is 0.767. The maximum atomic E-state index is 5.78. The summed E-state index contributed by atoms with van der Waals surface area (Å²) in [5.41, 5.74) is 0. The zero-order valence-corrected chi connectivity index (χ0v) is 13.3. The van der Waals surface area contributed by atoms with E-state index in [1.165, 1.54) is 26.2 Å². The van der Waals surface area contributed by atoms with Gasteiger partial charge in [-0.1, -0.05) is 22.0 Å². The van der Waals surface area contributed by atoms with Crippen LogP contribution in [0.3, 0.4) is 0 Å². The molecule has 0 unspecified atom stereocenters. The second-order valence-corrected chi connectivity index (χ2v) is 6.42. The number of piperazine rings is 1. The lowest BCUT2D eigenvalue weighted by Gasteiger charge is -2.46. The van der Waals surface area contributed by atoms with Crippen molar-refractivity contribution in [3.8, 4) is 5.75 Å². The molecule has 20 heavy (non-hydrogen) atoms. The van der Waals surface area contributed by atoms with Gasteiger partial charge in [-0.3, -0.25) is 9.80 Å². The lowest BCUT2D eigenvalue weighted by atomic mass is 10.1. The second kappa shape index (κ2) is 6.89. The van der Waals surface area contributed by atoms with Gasteiger partial charge in [-0.15, -0.1) is 0 Å². The van der Waals surface area contributed by atoms with Gasteiger partial charge in [-0.05, 0) is 18.2 Å². The largest absolute Gasteiger partial charge is 0.492 e. The first-order valence-corrected chi connectivity index (χ1v) is 8.16.